The molecule has 0 aliphatic heterocycles. The van der Waals surface area contributed by atoms with Crippen LogP contribution in [0.25, 0.3) is 10.7 Å². The van der Waals surface area contributed by atoms with E-state index in [9.17, 15) is 4.79 Å². The SMILES string of the molecule is COC(C(N)=O)[C@@H](c1nc(-c2nccs2)cn1Cc1ccccc1)C(C)(C)C. The van der Waals surface area contributed by atoms with Gasteiger partial charge >= 0.3 is 0 Å². The van der Waals surface area contributed by atoms with E-state index in [1.807, 2.05) is 29.8 Å². The maximum atomic E-state index is 12.1. The van der Waals surface area contributed by atoms with Crippen molar-refractivity contribution in [3.63, 3.8) is 0 Å². The van der Waals surface area contributed by atoms with Gasteiger partial charge in [-0.2, -0.15) is 0 Å². The minimum atomic E-state index is -0.777. The van der Waals surface area contributed by atoms with Gasteiger partial charge in [0.05, 0.1) is 5.92 Å². The minimum Gasteiger partial charge on any atom is -0.371 e. The summed E-state index contributed by atoms with van der Waals surface area (Å²) in [5.41, 5.74) is 7.31. The Kier molecular flexibility index (Phi) is 5.96. The summed E-state index contributed by atoms with van der Waals surface area (Å²) in [6.07, 6.45) is 2.98. The number of ether oxygens (including phenoxy) is 1. The molecule has 148 valence electrons. The number of aromatic nitrogens is 3. The summed E-state index contributed by atoms with van der Waals surface area (Å²) in [6.45, 7) is 6.84. The molecule has 3 aromatic rings. The molecule has 1 amide bonds. The quantitative estimate of drug-likeness (QED) is 0.658. The Balaban J connectivity index is 2.13. The van der Waals surface area contributed by atoms with Crippen LogP contribution < -0.4 is 5.73 Å². The number of hydrogen-bond donors (Lipinski definition) is 1. The highest BCUT2D eigenvalue weighted by Crippen LogP contribution is 2.39. The van der Waals surface area contributed by atoms with Crippen LogP contribution >= 0.6 is 11.3 Å². The Bertz CT molecular complexity index is 914. The van der Waals surface area contributed by atoms with Crippen LogP contribution in [-0.2, 0) is 16.1 Å². The van der Waals surface area contributed by atoms with Gasteiger partial charge in [-0.15, -0.1) is 11.3 Å². The zero-order chi connectivity index (χ0) is 20.3. The van der Waals surface area contributed by atoms with Gasteiger partial charge in [0.25, 0.3) is 0 Å². The zero-order valence-electron chi connectivity index (χ0n) is 16.6. The molecule has 0 bridgehead atoms. The van der Waals surface area contributed by atoms with Crippen molar-refractivity contribution in [2.24, 2.45) is 11.1 Å². The number of carbonyl (C=O) groups excluding carboxylic acids is 1. The summed E-state index contributed by atoms with van der Waals surface area (Å²) < 4.78 is 7.60. The molecule has 2 heterocycles. The summed E-state index contributed by atoms with van der Waals surface area (Å²) in [5.74, 6) is -0.0351. The summed E-state index contributed by atoms with van der Waals surface area (Å²) in [6, 6.07) is 10.2. The van der Waals surface area contributed by atoms with Crippen molar-refractivity contribution in [2.45, 2.75) is 39.3 Å². The van der Waals surface area contributed by atoms with Crippen molar-refractivity contribution in [3.8, 4) is 10.7 Å². The van der Waals surface area contributed by atoms with Crippen molar-refractivity contribution in [1.82, 2.24) is 14.5 Å². The lowest BCUT2D eigenvalue weighted by atomic mass is 9.76. The van der Waals surface area contributed by atoms with Crippen LogP contribution in [0.4, 0.5) is 0 Å². The molecule has 2 aromatic heterocycles. The number of rotatable bonds is 7. The predicted octanol–water partition coefficient (Wildman–Crippen LogP) is 3.68. The third kappa shape index (κ3) is 4.31. The number of carbonyl (C=O) groups is 1. The van der Waals surface area contributed by atoms with Crippen LogP contribution in [0.15, 0.2) is 48.1 Å². The number of thiazole rings is 1. The third-order valence-corrected chi connectivity index (χ3v) is 5.50. The number of primary amides is 1. The zero-order valence-corrected chi connectivity index (χ0v) is 17.4. The molecule has 1 unspecified atom stereocenters. The first-order valence-corrected chi connectivity index (χ1v) is 10.0. The lowest BCUT2D eigenvalue weighted by Gasteiger charge is -2.34. The average molecular weight is 399 g/mol. The van der Waals surface area contributed by atoms with E-state index >= 15 is 0 Å². The summed E-state index contributed by atoms with van der Waals surface area (Å²) in [5, 5.41) is 2.77. The molecule has 0 aliphatic carbocycles. The van der Waals surface area contributed by atoms with E-state index in [1.54, 1.807) is 6.20 Å². The van der Waals surface area contributed by atoms with Gasteiger partial charge in [0, 0.05) is 31.4 Å². The van der Waals surface area contributed by atoms with E-state index in [0.29, 0.717) is 6.54 Å². The summed E-state index contributed by atoms with van der Waals surface area (Å²) in [4.78, 5) is 21.4. The number of imidazole rings is 1. The van der Waals surface area contributed by atoms with Gasteiger partial charge in [0.1, 0.15) is 22.6 Å². The highest BCUT2D eigenvalue weighted by molar-refractivity contribution is 7.13. The Morgan fingerprint density at radius 2 is 2.00 bits per heavy atom. The van der Waals surface area contributed by atoms with Crippen LogP contribution in [-0.4, -0.2) is 33.7 Å². The Hall–Kier alpha value is -2.51. The third-order valence-electron chi connectivity index (χ3n) is 4.70. The molecular formula is C21H26N4O2S. The largest absolute Gasteiger partial charge is 0.371 e. The molecule has 6 nitrogen and oxygen atoms in total. The molecular weight excluding hydrogens is 372 g/mol. The van der Waals surface area contributed by atoms with E-state index in [4.69, 9.17) is 15.5 Å². The Labute approximate surface area is 169 Å². The molecule has 0 radical (unpaired) electrons. The average Bonchev–Trinajstić information content (AvgIpc) is 3.29. The monoisotopic (exact) mass is 398 g/mol. The number of hydrogen-bond acceptors (Lipinski definition) is 5. The standard InChI is InChI=1S/C21H26N4O2S/c1-21(2,3)16(17(27-4)18(22)26)19-24-15(20-23-10-11-28-20)13-25(19)12-14-8-6-5-7-9-14/h5-11,13,16-17H,12H2,1-4H3,(H2,22,26)/t16-,17?/m0/s1. The summed E-state index contributed by atoms with van der Waals surface area (Å²) >= 11 is 1.53. The number of methoxy groups -OCH3 is 1. The normalized spacial score (nSPS) is 14.0. The maximum absolute atomic E-state index is 12.1. The Morgan fingerprint density at radius 1 is 1.29 bits per heavy atom. The topological polar surface area (TPSA) is 83.0 Å². The lowest BCUT2D eigenvalue weighted by Crippen LogP contribution is -2.42. The van der Waals surface area contributed by atoms with Gasteiger partial charge in [-0.1, -0.05) is 51.1 Å². The molecule has 3 rings (SSSR count). The number of benzene rings is 1. The molecule has 7 heteroatoms. The van der Waals surface area contributed by atoms with Gasteiger partial charge in [0.15, 0.2) is 0 Å². The van der Waals surface area contributed by atoms with E-state index in [2.05, 4.69) is 42.5 Å². The van der Waals surface area contributed by atoms with Gasteiger partial charge in [0.2, 0.25) is 5.91 Å². The van der Waals surface area contributed by atoms with Crippen LogP contribution in [0, 0.1) is 5.41 Å². The minimum absolute atomic E-state index is 0.296. The van der Waals surface area contributed by atoms with Gasteiger partial charge in [-0.25, -0.2) is 9.97 Å². The second kappa shape index (κ2) is 8.24. The summed E-state index contributed by atoms with van der Waals surface area (Å²) in [7, 11) is 1.51. The molecule has 0 spiro atoms. The molecule has 28 heavy (non-hydrogen) atoms. The maximum Gasteiger partial charge on any atom is 0.247 e. The van der Waals surface area contributed by atoms with Gasteiger partial charge in [-0.05, 0) is 11.0 Å². The second-order valence-electron chi connectivity index (χ2n) is 7.84. The first-order valence-electron chi connectivity index (χ1n) is 9.14. The molecule has 2 atom stereocenters. The van der Waals surface area contributed by atoms with Crippen LogP contribution in [0.5, 0.6) is 0 Å². The van der Waals surface area contributed by atoms with Crippen molar-refractivity contribution in [2.75, 3.05) is 7.11 Å². The predicted molar refractivity (Wildman–Crippen MR) is 111 cm³/mol. The molecule has 0 fully saturated rings. The van der Waals surface area contributed by atoms with Gasteiger partial charge in [-0.3, -0.25) is 4.79 Å². The van der Waals surface area contributed by atoms with Crippen molar-refractivity contribution >= 4 is 17.2 Å². The fraction of sp³-hybridized carbons (Fsp3) is 0.381. The van der Waals surface area contributed by atoms with Gasteiger partial charge < -0.3 is 15.0 Å². The molecule has 0 saturated heterocycles. The first kappa shape index (κ1) is 20.2. The Morgan fingerprint density at radius 3 is 2.54 bits per heavy atom. The lowest BCUT2D eigenvalue weighted by molar-refractivity contribution is -0.131. The fourth-order valence-corrected chi connectivity index (χ4v) is 4.02. The van der Waals surface area contributed by atoms with E-state index in [0.717, 1.165) is 22.1 Å². The molecule has 0 saturated carbocycles. The van der Waals surface area contributed by atoms with Crippen LogP contribution in [0.1, 0.15) is 38.1 Å². The van der Waals surface area contributed by atoms with E-state index < -0.39 is 12.0 Å². The number of nitrogens with zero attached hydrogens (tertiary/aromatic N) is 3. The number of amides is 1. The highest BCUT2D eigenvalue weighted by atomic mass is 32.1. The smallest absolute Gasteiger partial charge is 0.247 e. The van der Waals surface area contributed by atoms with E-state index in [1.165, 1.54) is 18.4 Å². The molecule has 1 aromatic carbocycles. The fourth-order valence-electron chi connectivity index (χ4n) is 3.43. The van der Waals surface area contributed by atoms with E-state index in [-0.39, 0.29) is 11.3 Å². The molecule has 2 N–H and O–H groups in total. The van der Waals surface area contributed by atoms with Crippen LogP contribution in [0.2, 0.25) is 0 Å². The van der Waals surface area contributed by atoms with Crippen molar-refractivity contribution < 1.29 is 9.53 Å². The van der Waals surface area contributed by atoms with Crippen molar-refractivity contribution in [3.05, 3.63) is 59.5 Å². The first-order chi connectivity index (χ1) is 13.3. The van der Waals surface area contributed by atoms with Crippen LogP contribution in [0.3, 0.4) is 0 Å². The highest BCUT2D eigenvalue weighted by Gasteiger charge is 2.40. The number of nitrogens with two attached hydrogens (primary N) is 1. The second-order valence-corrected chi connectivity index (χ2v) is 8.73. The molecule has 0 aliphatic rings. The van der Waals surface area contributed by atoms with Crippen molar-refractivity contribution in [1.29, 1.82) is 0 Å².